The standard InChI is InChI=1S/C20H26N4O3S/c1-23(2)19-13-16(10-11-21-19)14-22-20(25)17-7-6-12-24(15-17)28(26,27)18-8-4-3-5-9-18/h3-5,8-11,13,17H,6-7,12,14-15H2,1-2H3,(H,22,25). The summed E-state index contributed by atoms with van der Waals surface area (Å²) < 4.78 is 27.1. The van der Waals surface area contributed by atoms with E-state index in [1.54, 1.807) is 36.5 Å². The molecule has 2 aromatic rings. The summed E-state index contributed by atoms with van der Waals surface area (Å²) in [4.78, 5) is 19.1. The van der Waals surface area contributed by atoms with Crippen LogP contribution >= 0.6 is 0 Å². The Morgan fingerprint density at radius 3 is 2.71 bits per heavy atom. The fraction of sp³-hybridized carbons (Fsp3) is 0.400. The lowest BCUT2D eigenvalue weighted by molar-refractivity contribution is -0.126. The first-order valence-electron chi connectivity index (χ1n) is 9.33. The van der Waals surface area contributed by atoms with Gasteiger partial charge in [-0.1, -0.05) is 18.2 Å². The lowest BCUT2D eigenvalue weighted by atomic mass is 9.99. The number of nitrogens with zero attached hydrogens (tertiary/aromatic N) is 3. The van der Waals surface area contributed by atoms with Crippen molar-refractivity contribution in [3.8, 4) is 0 Å². The number of anilines is 1. The Bertz CT molecular complexity index is 916. The molecular formula is C20H26N4O3S. The van der Waals surface area contributed by atoms with Crippen LogP contribution in [0.25, 0.3) is 0 Å². The van der Waals surface area contributed by atoms with Crippen LogP contribution < -0.4 is 10.2 Å². The second kappa shape index (κ2) is 8.70. The zero-order valence-corrected chi connectivity index (χ0v) is 17.0. The Morgan fingerprint density at radius 2 is 2.00 bits per heavy atom. The second-order valence-electron chi connectivity index (χ2n) is 7.15. The summed E-state index contributed by atoms with van der Waals surface area (Å²) in [7, 11) is 0.251. The quantitative estimate of drug-likeness (QED) is 0.798. The smallest absolute Gasteiger partial charge is 0.243 e. The van der Waals surface area contributed by atoms with Gasteiger partial charge in [0.2, 0.25) is 15.9 Å². The summed E-state index contributed by atoms with van der Waals surface area (Å²) in [5, 5.41) is 2.94. The average molecular weight is 403 g/mol. The van der Waals surface area contributed by atoms with E-state index in [4.69, 9.17) is 0 Å². The van der Waals surface area contributed by atoms with Gasteiger partial charge in [-0.2, -0.15) is 4.31 Å². The number of rotatable bonds is 6. The summed E-state index contributed by atoms with van der Waals surface area (Å²) in [6, 6.07) is 12.2. The first-order valence-corrected chi connectivity index (χ1v) is 10.8. The van der Waals surface area contributed by atoms with E-state index in [-0.39, 0.29) is 23.3 Å². The van der Waals surface area contributed by atoms with Crippen molar-refractivity contribution in [3.05, 3.63) is 54.2 Å². The highest BCUT2D eigenvalue weighted by Crippen LogP contribution is 2.24. The zero-order chi connectivity index (χ0) is 20.1. The Morgan fingerprint density at radius 1 is 1.25 bits per heavy atom. The van der Waals surface area contributed by atoms with E-state index in [2.05, 4.69) is 10.3 Å². The van der Waals surface area contributed by atoms with Gasteiger partial charge in [-0.05, 0) is 42.7 Å². The molecule has 1 fully saturated rings. The highest BCUT2D eigenvalue weighted by Gasteiger charge is 2.33. The monoisotopic (exact) mass is 402 g/mol. The third-order valence-electron chi connectivity index (χ3n) is 4.87. The number of carbonyl (C=O) groups excluding carboxylic acids is 1. The molecule has 1 amide bonds. The Kier molecular flexibility index (Phi) is 6.31. The molecule has 7 nitrogen and oxygen atoms in total. The molecule has 0 bridgehead atoms. The average Bonchev–Trinajstić information content (AvgIpc) is 2.73. The third-order valence-corrected chi connectivity index (χ3v) is 6.75. The number of aromatic nitrogens is 1. The predicted molar refractivity (Wildman–Crippen MR) is 108 cm³/mol. The number of amides is 1. The topological polar surface area (TPSA) is 82.6 Å². The molecule has 1 aliphatic rings. The summed E-state index contributed by atoms with van der Waals surface area (Å²) >= 11 is 0. The van der Waals surface area contributed by atoms with Gasteiger partial charge in [-0.15, -0.1) is 0 Å². The number of sulfonamides is 1. The number of benzene rings is 1. The number of hydrogen-bond donors (Lipinski definition) is 1. The molecule has 2 heterocycles. The molecule has 1 saturated heterocycles. The number of hydrogen-bond acceptors (Lipinski definition) is 5. The molecule has 0 aliphatic carbocycles. The largest absolute Gasteiger partial charge is 0.363 e. The van der Waals surface area contributed by atoms with Gasteiger partial charge in [0.25, 0.3) is 0 Å². The predicted octanol–water partition coefficient (Wildman–Crippen LogP) is 1.86. The van der Waals surface area contributed by atoms with Crippen molar-refractivity contribution in [1.29, 1.82) is 0 Å². The minimum Gasteiger partial charge on any atom is -0.363 e. The van der Waals surface area contributed by atoms with Crippen LogP contribution in [0.1, 0.15) is 18.4 Å². The van der Waals surface area contributed by atoms with Crippen molar-refractivity contribution in [3.63, 3.8) is 0 Å². The fourth-order valence-corrected chi connectivity index (χ4v) is 4.81. The van der Waals surface area contributed by atoms with Crippen molar-refractivity contribution in [2.45, 2.75) is 24.3 Å². The number of carbonyl (C=O) groups is 1. The molecule has 28 heavy (non-hydrogen) atoms. The van der Waals surface area contributed by atoms with E-state index in [9.17, 15) is 13.2 Å². The van der Waals surface area contributed by atoms with Gasteiger partial charge in [-0.3, -0.25) is 4.79 Å². The molecule has 1 aromatic heterocycles. The van der Waals surface area contributed by atoms with Gasteiger partial charge in [0.15, 0.2) is 0 Å². The van der Waals surface area contributed by atoms with E-state index < -0.39 is 10.0 Å². The van der Waals surface area contributed by atoms with Crippen molar-refractivity contribution in [2.75, 3.05) is 32.1 Å². The molecule has 3 rings (SSSR count). The van der Waals surface area contributed by atoms with Gasteiger partial charge >= 0.3 is 0 Å². The SMILES string of the molecule is CN(C)c1cc(CNC(=O)C2CCCN(S(=O)(=O)c3ccccc3)C2)ccn1. The van der Waals surface area contributed by atoms with Crippen molar-refractivity contribution < 1.29 is 13.2 Å². The third kappa shape index (κ3) is 4.69. The maximum atomic E-state index is 12.8. The van der Waals surface area contributed by atoms with Gasteiger partial charge in [0.05, 0.1) is 10.8 Å². The lowest BCUT2D eigenvalue weighted by Gasteiger charge is -2.31. The molecule has 0 spiro atoms. The lowest BCUT2D eigenvalue weighted by Crippen LogP contribution is -2.45. The first kappa shape index (κ1) is 20.3. The molecule has 8 heteroatoms. The molecule has 1 aromatic carbocycles. The maximum absolute atomic E-state index is 12.8. The van der Waals surface area contributed by atoms with E-state index in [1.807, 2.05) is 31.1 Å². The number of piperidine rings is 1. The second-order valence-corrected chi connectivity index (χ2v) is 9.09. The molecule has 150 valence electrons. The Labute approximate surface area is 166 Å². The molecule has 0 saturated carbocycles. The normalized spacial score (nSPS) is 17.9. The van der Waals surface area contributed by atoms with Crippen LogP contribution in [0.15, 0.2) is 53.6 Å². The number of pyridine rings is 1. The van der Waals surface area contributed by atoms with Crippen LogP contribution in [0.4, 0.5) is 5.82 Å². The maximum Gasteiger partial charge on any atom is 0.243 e. The molecule has 1 N–H and O–H groups in total. The molecule has 1 unspecified atom stereocenters. The van der Waals surface area contributed by atoms with Gasteiger partial charge in [-0.25, -0.2) is 13.4 Å². The molecule has 1 aliphatic heterocycles. The van der Waals surface area contributed by atoms with Gasteiger partial charge in [0.1, 0.15) is 5.82 Å². The van der Waals surface area contributed by atoms with Crippen LogP contribution in [0.2, 0.25) is 0 Å². The van der Waals surface area contributed by atoms with Crippen LogP contribution in [-0.2, 0) is 21.4 Å². The summed E-state index contributed by atoms with van der Waals surface area (Å²) in [5.41, 5.74) is 0.955. The molecule has 1 atom stereocenters. The molecular weight excluding hydrogens is 376 g/mol. The van der Waals surface area contributed by atoms with Crippen molar-refractivity contribution in [2.24, 2.45) is 5.92 Å². The van der Waals surface area contributed by atoms with Crippen molar-refractivity contribution in [1.82, 2.24) is 14.6 Å². The van der Waals surface area contributed by atoms with E-state index in [0.717, 1.165) is 11.4 Å². The van der Waals surface area contributed by atoms with Crippen LogP contribution in [0.3, 0.4) is 0 Å². The van der Waals surface area contributed by atoms with Crippen LogP contribution in [0.5, 0.6) is 0 Å². The Hall–Kier alpha value is -2.45. The Balaban J connectivity index is 1.62. The summed E-state index contributed by atoms with van der Waals surface area (Å²) in [6.07, 6.45) is 3.07. The van der Waals surface area contributed by atoms with Crippen LogP contribution in [0, 0.1) is 5.92 Å². The minimum atomic E-state index is -3.57. The first-order chi connectivity index (χ1) is 13.4. The number of nitrogens with one attached hydrogen (secondary N) is 1. The highest BCUT2D eigenvalue weighted by molar-refractivity contribution is 7.89. The zero-order valence-electron chi connectivity index (χ0n) is 16.2. The van der Waals surface area contributed by atoms with Crippen molar-refractivity contribution >= 4 is 21.7 Å². The summed E-state index contributed by atoms with van der Waals surface area (Å²) in [6.45, 7) is 1.05. The van der Waals surface area contributed by atoms with E-state index in [0.29, 0.717) is 25.9 Å². The van der Waals surface area contributed by atoms with E-state index in [1.165, 1.54) is 4.31 Å². The minimum absolute atomic E-state index is 0.115. The van der Waals surface area contributed by atoms with Gasteiger partial charge in [0, 0.05) is 39.9 Å². The van der Waals surface area contributed by atoms with E-state index >= 15 is 0 Å². The molecule has 0 radical (unpaired) electrons. The van der Waals surface area contributed by atoms with Crippen LogP contribution in [-0.4, -0.2) is 50.8 Å². The highest BCUT2D eigenvalue weighted by atomic mass is 32.2. The fourth-order valence-electron chi connectivity index (χ4n) is 3.26. The summed E-state index contributed by atoms with van der Waals surface area (Å²) in [5.74, 6) is 0.364. The van der Waals surface area contributed by atoms with Gasteiger partial charge < -0.3 is 10.2 Å².